The van der Waals surface area contributed by atoms with Gasteiger partial charge in [0.05, 0.1) is 6.61 Å². The third-order valence-corrected chi connectivity index (χ3v) is 6.79. The molecule has 4 N–H and O–H groups in total. The number of piperidine rings is 1. The van der Waals surface area contributed by atoms with Crippen molar-refractivity contribution in [3.05, 3.63) is 59.8 Å². The van der Waals surface area contributed by atoms with E-state index in [0.717, 1.165) is 36.3 Å². The number of likely N-dealkylation sites (tertiary alicyclic amines) is 1. The number of aromatic nitrogens is 1. The number of nitrogens with zero attached hydrogens (tertiary/aromatic N) is 4. The fourth-order valence-electron chi connectivity index (χ4n) is 4.80. The number of benzene rings is 1. The molecule has 10 nitrogen and oxygen atoms in total. The first-order valence-corrected chi connectivity index (χ1v) is 13.2. The maximum atomic E-state index is 12.6. The zero-order valence-electron chi connectivity index (χ0n) is 22.2. The topological polar surface area (TPSA) is 125 Å². The summed E-state index contributed by atoms with van der Waals surface area (Å²) in [5.74, 6) is 1.10. The molecule has 1 atom stereocenters. The molecule has 3 heterocycles. The van der Waals surface area contributed by atoms with Crippen LogP contribution in [0.1, 0.15) is 42.1 Å². The first kappa shape index (κ1) is 27.1. The molecule has 2 amide bonds. The number of nitrogens with one attached hydrogen (secondary N) is 2. The van der Waals surface area contributed by atoms with Crippen molar-refractivity contribution in [2.45, 2.75) is 26.2 Å². The first-order chi connectivity index (χ1) is 18.4. The predicted molar refractivity (Wildman–Crippen MR) is 149 cm³/mol. The van der Waals surface area contributed by atoms with Gasteiger partial charge in [0.25, 0.3) is 5.91 Å². The number of amides is 2. The third kappa shape index (κ3) is 7.32. The van der Waals surface area contributed by atoms with E-state index >= 15 is 0 Å². The minimum absolute atomic E-state index is 0.0770. The third-order valence-electron chi connectivity index (χ3n) is 6.79. The van der Waals surface area contributed by atoms with Crippen LogP contribution >= 0.6 is 0 Å². The molecule has 0 saturated carbocycles. The normalized spacial score (nSPS) is 18.5. The van der Waals surface area contributed by atoms with Crippen molar-refractivity contribution in [2.24, 2.45) is 16.6 Å². The lowest BCUT2D eigenvalue weighted by Gasteiger charge is -2.29. The number of ether oxygens (including phenoxy) is 1. The molecule has 0 aliphatic carbocycles. The number of carbonyl (C=O) groups excluding carboxylic acids is 2. The summed E-state index contributed by atoms with van der Waals surface area (Å²) in [7, 11) is 2.12. The van der Waals surface area contributed by atoms with Gasteiger partial charge in [-0.25, -0.2) is 9.78 Å². The standard InChI is InChI=1S/C28H37N7O3/c1-3-38-28(37)35-16-12-21(13-17-35)24-7-4-14-30-25(24)33-27(29)32-23-10-8-22(9-11-23)26(36)31-18-20-6-5-15-34(2)19-20/h4,7-12,14,20H,3,5-6,13,15-19H2,1-2H3,(H,31,36)(H3,29,30,32,33). The molecule has 0 spiro atoms. The second-order valence-corrected chi connectivity index (χ2v) is 9.68. The van der Waals surface area contributed by atoms with Crippen LogP contribution in [0.4, 0.5) is 16.3 Å². The van der Waals surface area contributed by atoms with Crippen LogP contribution < -0.4 is 16.4 Å². The van der Waals surface area contributed by atoms with E-state index in [1.807, 2.05) is 18.2 Å². The highest BCUT2D eigenvalue weighted by molar-refractivity contribution is 5.97. The van der Waals surface area contributed by atoms with Crippen LogP contribution in [-0.2, 0) is 4.74 Å². The Hall–Kier alpha value is -3.92. The zero-order valence-corrected chi connectivity index (χ0v) is 22.2. The van der Waals surface area contributed by atoms with Gasteiger partial charge >= 0.3 is 6.09 Å². The summed E-state index contributed by atoms with van der Waals surface area (Å²) in [6.07, 6.45) is 6.35. The van der Waals surface area contributed by atoms with Gasteiger partial charge in [0, 0.05) is 49.2 Å². The number of guanidine groups is 1. The van der Waals surface area contributed by atoms with Gasteiger partial charge in [0.1, 0.15) is 0 Å². The Morgan fingerprint density at radius 2 is 2.03 bits per heavy atom. The molecule has 202 valence electrons. The van der Waals surface area contributed by atoms with Crippen LogP contribution in [0.15, 0.2) is 53.7 Å². The maximum absolute atomic E-state index is 12.6. The molecule has 1 aromatic heterocycles. The summed E-state index contributed by atoms with van der Waals surface area (Å²) in [6.45, 7) is 6.01. The molecule has 1 saturated heterocycles. The lowest BCUT2D eigenvalue weighted by atomic mass is 9.98. The van der Waals surface area contributed by atoms with Gasteiger partial charge in [-0.1, -0.05) is 6.08 Å². The molecule has 38 heavy (non-hydrogen) atoms. The predicted octanol–water partition coefficient (Wildman–Crippen LogP) is 3.46. The minimum atomic E-state index is -0.304. The maximum Gasteiger partial charge on any atom is 0.410 e. The Bertz CT molecular complexity index is 1180. The summed E-state index contributed by atoms with van der Waals surface area (Å²) in [5, 5.41) is 6.13. The van der Waals surface area contributed by atoms with Crippen LogP contribution in [0.25, 0.3) is 5.57 Å². The minimum Gasteiger partial charge on any atom is -0.450 e. The summed E-state index contributed by atoms with van der Waals surface area (Å²) >= 11 is 0. The molecule has 1 aromatic carbocycles. The van der Waals surface area contributed by atoms with E-state index < -0.39 is 0 Å². The van der Waals surface area contributed by atoms with Crippen molar-refractivity contribution in [1.82, 2.24) is 20.1 Å². The summed E-state index contributed by atoms with van der Waals surface area (Å²) in [4.78, 5) is 37.5. The van der Waals surface area contributed by atoms with E-state index in [-0.39, 0.29) is 18.0 Å². The highest BCUT2D eigenvalue weighted by Gasteiger charge is 2.21. The van der Waals surface area contributed by atoms with Crippen molar-refractivity contribution in [3.8, 4) is 0 Å². The fraction of sp³-hybridized carbons (Fsp3) is 0.429. The number of hydrogen-bond acceptors (Lipinski definition) is 6. The van der Waals surface area contributed by atoms with E-state index in [2.05, 4.69) is 32.6 Å². The van der Waals surface area contributed by atoms with Gasteiger partial charge in [-0.3, -0.25) is 4.79 Å². The van der Waals surface area contributed by atoms with Crippen LogP contribution in [0.5, 0.6) is 0 Å². The molecule has 10 heteroatoms. The number of aliphatic imine (C=N–C) groups is 1. The molecule has 0 bridgehead atoms. The van der Waals surface area contributed by atoms with Crippen molar-refractivity contribution in [1.29, 1.82) is 0 Å². The SMILES string of the molecule is CCOC(=O)N1CC=C(c2cccnc2N=C(N)Nc2ccc(C(=O)NCC3CCCN(C)C3)cc2)CC1. The number of carbonyl (C=O) groups is 2. The molecule has 1 fully saturated rings. The molecular formula is C28H37N7O3. The smallest absolute Gasteiger partial charge is 0.410 e. The molecule has 0 radical (unpaired) electrons. The number of nitrogens with two attached hydrogens (primary N) is 1. The average molecular weight is 520 g/mol. The van der Waals surface area contributed by atoms with Crippen molar-refractivity contribution >= 4 is 35.0 Å². The van der Waals surface area contributed by atoms with Crippen molar-refractivity contribution in [3.63, 3.8) is 0 Å². The van der Waals surface area contributed by atoms with Crippen molar-refractivity contribution in [2.75, 3.05) is 51.7 Å². The molecular weight excluding hydrogens is 482 g/mol. The van der Waals surface area contributed by atoms with E-state index in [9.17, 15) is 9.59 Å². The second-order valence-electron chi connectivity index (χ2n) is 9.68. The van der Waals surface area contributed by atoms with Gasteiger partial charge in [-0.2, -0.15) is 4.99 Å². The van der Waals surface area contributed by atoms with E-state index in [1.165, 1.54) is 6.42 Å². The largest absolute Gasteiger partial charge is 0.450 e. The average Bonchev–Trinajstić information content (AvgIpc) is 2.93. The molecule has 4 rings (SSSR count). The lowest BCUT2D eigenvalue weighted by molar-refractivity contribution is 0.0936. The number of pyridine rings is 1. The van der Waals surface area contributed by atoms with E-state index in [0.29, 0.717) is 50.0 Å². The quantitative estimate of drug-likeness (QED) is 0.378. The highest BCUT2D eigenvalue weighted by atomic mass is 16.6. The molecule has 2 aliphatic heterocycles. The summed E-state index contributed by atoms with van der Waals surface area (Å²) in [6, 6.07) is 11.0. The van der Waals surface area contributed by atoms with E-state index in [4.69, 9.17) is 10.5 Å². The number of hydrogen-bond donors (Lipinski definition) is 3. The number of anilines is 1. The molecule has 2 aliphatic rings. The monoisotopic (exact) mass is 519 g/mol. The van der Waals surface area contributed by atoms with E-state index in [1.54, 1.807) is 42.3 Å². The first-order valence-electron chi connectivity index (χ1n) is 13.2. The van der Waals surface area contributed by atoms with Gasteiger partial charge in [0.2, 0.25) is 0 Å². The Morgan fingerprint density at radius 1 is 1.21 bits per heavy atom. The van der Waals surface area contributed by atoms with Crippen LogP contribution in [0.2, 0.25) is 0 Å². The van der Waals surface area contributed by atoms with Crippen LogP contribution in [0, 0.1) is 5.92 Å². The Balaban J connectivity index is 1.35. The summed E-state index contributed by atoms with van der Waals surface area (Å²) < 4.78 is 5.09. The van der Waals surface area contributed by atoms with Gasteiger partial charge in [-0.15, -0.1) is 0 Å². The zero-order chi connectivity index (χ0) is 26.9. The molecule has 1 unspecified atom stereocenters. The Kier molecular flexibility index (Phi) is 9.31. The highest BCUT2D eigenvalue weighted by Crippen LogP contribution is 2.29. The van der Waals surface area contributed by atoms with Gasteiger partial charge in [-0.05, 0) is 87.7 Å². The van der Waals surface area contributed by atoms with Crippen molar-refractivity contribution < 1.29 is 14.3 Å². The Morgan fingerprint density at radius 3 is 2.74 bits per heavy atom. The number of rotatable bonds is 7. The second kappa shape index (κ2) is 13.0. The molecule has 2 aromatic rings. The lowest BCUT2D eigenvalue weighted by Crippen LogP contribution is -2.39. The Labute approximate surface area is 224 Å². The van der Waals surface area contributed by atoms with Gasteiger partial charge in [0.15, 0.2) is 11.8 Å². The van der Waals surface area contributed by atoms with Crippen LogP contribution in [0.3, 0.4) is 0 Å². The fourth-order valence-corrected chi connectivity index (χ4v) is 4.80. The summed E-state index contributed by atoms with van der Waals surface area (Å²) in [5.41, 5.74) is 9.44. The van der Waals surface area contributed by atoms with Crippen LogP contribution in [-0.4, -0.2) is 79.1 Å². The van der Waals surface area contributed by atoms with Gasteiger partial charge < -0.3 is 30.9 Å².